The van der Waals surface area contributed by atoms with Gasteiger partial charge in [-0.1, -0.05) is 50.8 Å². The molecule has 1 saturated carbocycles. The van der Waals surface area contributed by atoms with Crippen molar-refractivity contribution in [2.45, 2.75) is 64.8 Å². The molecule has 0 saturated heterocycles. The van der Waals surface area contributed by atoms with Crippen LogP contribution in [0.15, 0.2) is 73.1 Å². The van der Waals surface area contributed by atoms with Gasteiger partial charge in [0.25, 0.3) is 0 Å². The average Bonchev–Trinajstić information content (AvgIpc) is 3.72. The minimum absolute atomic E-state index is 0.142. The summed E-state index contributed by atoms with van der Waals surface area (Å²) in [6.07, 6.45) is 12.1. The number of fused-ring (bicyclic) bond motifs is 1. The van der Waals surface area contributed by atoms with Crippen LogP contribution in [-0.2, 0) is 19.3 Å². The lowest BCUT2D eigenvalue weighted by Crippen LogP contribution is -2.28. The molecule has 0 bridgehead atoms. The molecule has 2 aliphatic carbocycles. The summed E-state index contributed by atoms with van der Waals surface area (Å²) in [4.78, 5) is 24.2. The average molecular weight is 585 g/mol. The molecule has 4 aromatic rings. The Morgan fingerprint density at radius 1 is 1.00 bits per heavy atom. The number of aldehydes is 1. The quantitative estimate of drug-likeness (QED) is 0.196. The maximum atomic E-state index is 11.5. The normalized spacial score (nSPS) is 17.7. The van der Waals surface area contributed by atoms with Crippen LogP contribution in [0.4, 0.5) is 5.82 Å². The first kappa shape index (κ1) is 28.3. The Kier molecular flexibility index (Phi) is 7.62. The van der Waals surface area contributed by atoms with Crippen molar-refractivity contribution >= 4 is 17.7 Å². The van der Waals surface area contributed by atoms with Gasteiger partial charge in [-0.05, 0) is 97.4 Å². The summed E-state index contributed by atoms with van der Waals surface area (Å²) in [5, 5.41) is 8.27. The lowest BCUT2D eigenvalue weighted by molar-refractivity contribution is 0.112. The van der Waals surface area contributed by atoms with E-state index in [0.29, 0.717) is 17.9 Å². The summed E-state index contributed by atoms with van der Waals surface area (Å²) in [5.74, 6) is 2.35. The SMILES string of the molecule is C=C(C1CC1)N1CC=C(c2ccc(NC3CCc4cccc(-c5cccc(-n6ncc(C=O)c6CC)n5)c43)nc2CC)CC1. The smallest absolute Gasteiger partial charge is 0.154 e. The maximum Gasteiger partial charge on any atom is 0.154 e. The summed E-state index contributed by atoms with van der Waals surface area (Å²) in [7, 11) is 0. The summed E-state index contributed by atoms with van der Waals surface area (Å²) >= 11 is 0. The van der Waals surface area contributed by atoms with E-state index in [1.807, 2.05) is 19.1 Å². The van der Waals surface area contributed by atoms with Crippen molar-refractivity contribution in [3.05, 3.63) is 107 Å². The van der Waals surface area contributed by atoms with Crippen molar-refractivity contribution in [3.8, 4) is 17.1 Å². The summed E-state index contributed by atoms with van der Waals surface area (Å²) in [6.45, 7) is 10.6. The molecular weight excluding hydrogens is 544 g/mol. The molecule has 7 heteroatoms. The van der Waals surface area contributed by atoms with E-state index in [0.717, 1.165) is 79.3 Å². The van der Waals surface area contributed by atoms with Crippen LogP contribution in [-0.4, -0.2) is 44.0 Å². The Morgan fingerprint density at radius 2 is 1.86 bits per heavy atom. The number of nitrogens with one attached hydrogen (secondary N) is 1. The van der Waals surface area contributed by atoms with Gasteiger partial charge in [0.05, 0.1) is 34.9 Å². The van der Waals surface area contributed by atoms with Crippen molar-refractivity contribution in [1.29, 1.82) is 0 Å². The predicted octanol–water partition coefficient (Wildman–Crippen LogP) is 7.38. The summed E-state index contributed by atoms with van der Waals surface area (Å²) < 4.78 is 1.78. The molecule has 7 rings (SSSR count). The number of pyridine rings is 2. The molecule has 0 radical (unpaired) electrons. The zero-order valence-electron chi connectivity index (χ0n) is 25.7. The second kappa shape index (κ2) is 11.9. The van der Waals surface area contributed by atoms with Crippen LogP contribution in [0.5, 0.6) is 0 Å². The van der Waals surface area contributed by atoms with Gasteiger partial charge in [0.15, 0.2) is 12.1 Å². The fourth-order valence-electron chi connectivity index (χ4n) is 6.95. The van der Waals surface area contributed by atoms with Crippen molar-refractivity contribution in [1.82, 2.24) is 24.6 Å². The van der Waals surface area contributed by atoms with Crippen LogP contribution in [0.3, 0.4) is 0 Å². The number of anilines is 1. The highest BCUT2D eigenvalue weighted by Gasteiger charge is 2.30. The second-order valence-corrected chi connectivity index (χ2v) is 12.2. The Labute approximate surface area is 259 Å². The van der Waals surface area contributed by atoms with E-state index in [2.05, 4.69) is 71.3 Å². The number of aromatic nitrogens is 4. The van der Waals surface area contributed by atoms with E-state index >= 15 is 0 Å². The van der Waals surface area contributed by atoms with Crippen LogP contribution in [0.1, 0.15) is 84.0 Å². The molecule has 1 atom stereocenters. The van der Waals surface area contributed by atoms with Crippen LogP contribution >= 0.6 is 0 Å². The van der Waals surface area contributed by atoms with E-state index in [-0.39, 0.29) is 6.04 Å². The van der Waals surface area contributed by atoms with Crippen LogP contribution < -0.4 is 5.32 Å². The Morgan fingerprint density at radius 3 is 2.61 bits per heavy atom. The first-order chi connectivity index (χ1) is 21.6. The van der Waals surface area contributed by atoms with Crippen molar-refractivity contribution < 1.29 is 4.79 Å². The molecule has 224 valence electrons. The lowest BCUT2D eigenvalue weighted by Gasteiger charge is -2.30. The number of carbonyl (C=O) groups excluding carboxylic acids is 1. The van der Waals surface area contributed by atoms with Gasteiger partial charge < -0.3 is 10.2 Å². The molecule has 4 heterocycles. The van der Waals surface area contributed by atoms with Crippen LogP contribution in [0, 0.1) is 5.92 Å². The third kappa shape index (κ3) is 5.25. The first-order valence-electron chi connectivity index (χ1n) is 16.1. The number of hydrogen-bond acceptors (Lipinski definition) is 6. The third-order valence-corrected chi connectivity index (χ3v) is 9.48. The molecule has 1 unspecified atom stereocenters. The third-order valence-electron chi connectivity index (χ3n) is 9.48. The molecule has 3 aromatic heterocycles. The summed E-state index contributed by atoms with van der Waals surface area (Å²) in [6, 6.07) is 17.1. The minimum Gasteiger partial charge on any atom is -0.371 e. The number of allylic oxidation sites excluding steroid dienone is 1. The number of aryl methyl sites for hydroxylation is 2. The predicted molar refractivity (Wildman–Crippen MR) is 176 cm³/mol. The highest BCUT2D eigenvalue weighted by atomic mass is 16.1. The molecule has 3 aliphatic rings. The van der Waals surface area contributed by atoms with Crippen LogP contribution in [0.25, 0.3) is 22.6 Å². The van der Waals surface area contributed by atoms with E-state index in [4.69, 9.17) is 9.97 Å². The first-order valence-corrected chi connectivity index (χ1v) is 16.1. The fraction of sp³-hybridized carbons (Fsp3) is 0.351. The van der Waals surface area contributed by atoms with Crippen molar-refractivity contribution in [2.24, 2.45) is 5.92 Å². The second-order valence-electron chi connectivity index (χ2n) is 12.2. The molecule has 1 N–H and O–H groups in total. The highest BCUT2D eigenvalue weighted by molar-refractivity contribution is 5.76. The zero-order chi connectivity index (χ0) is 30.2. The molecule has 1 aromatic carbocycles. The molecule has 1 aliphatic heterocycles. The Balaban J connectivity index is 1.14. The highest BCUT2D eigenvalue weighted by Crippen LogP contribution is 2.41. The number of carbonyl (C=O) groups is 1. The van der Waals surface area contributed by atoms with Crippen molar-refractivity contribution in [3.63, 3.8) is 0 Å². The van der Waals surface area contributed by atoms with Gasteiger partial charge in [-0.15, -0.1) is 0 Å². The lowest BCUT2D eigenvalue weighted by atomic mass is 9.96. The Hall–Kier alpha value is -4.52. The van der Waals surface area contributed by atoms with Gasteiger partial charge in [0, 0.05) is 24.4 Å². The topological polar surface area (TPSA) is 75.9 Å². The standard InChI is InChI=1S/C37H40N6O/c1-4-31-29(26-18-20-42(21-19-26)24(3)25-12-13-25)15-17-35(39-31)40-33-16-14-27-8-6-9-30(37(27)33)32-10-7-11-36(41-32)43-34(5-2)28(23-44)22-38-43/h6-11,15,17-18,22-23,25,33H,3-5,12-14,16,19-21H2,1-2H3,(H,39,40). The summed E-state index contributed by atoms with van der Waals surface area (Å²) in [5.41, 5.74) is 11.3. The van der Waals surface area contributed by atoms with Gasteiger partial charge in [-0.3, -0.25) is 4.79 Å². The van der Waals surface area contributed by atoms with Crippen molar-refractivity contribution in [2.75, 3.05) is 18.4 Å². The Bertz CT molecular complexity index is 1760. The molecule has 0 spiro atoms. The minimum atomic E-state index is 0.142. The van der Waals surface area contributed by atoms with Gasteiger partial charge in [0.2, 0.25) is 0 Å². The number of nitrogens with zero attached hydrogens (tertiary/aromatic N) is 5. The molecule has 0 amide bonds. The largest absolute Gasteiger partial charge is 0.371 e. The molecule has 7 nitrogen and oxygen atoms in total. The number of benzene rings is 1. The molecule has 44 heavy (non-hydrogen) atoms. The maximum absolute atomic E-state index is 11.5. The van der Waals surface area contributed by atoms with Crippen LogP contribution in [0.2, 0.25) is 0 Å². The van der Waals surface area contributed by atoms with Gasteiger partial charge in [-0.25, -0.2) is 14.6 Å². The zero-order valence-corrected chi connectivity index (χ0v) is 25.7. The van der Waals surface area contributed by atoms with E-state index in [9.17, 15) is 4.79 Å². The fourth-order valence-corrected chi connectivity index (χ4v) is 6.95. The van der Waals surface area contributed by atoms with E-state index in [1.165, 1.54) is 40.8 Å². The molecular formula is C37H40N6O. The van der Waals surface area contributed by atoms with E-state index in [1.54, 1.807) is 10.9 Å². The monoisotopic (exact) mass is 584 g/mol. The van der Waals surface area contributed by atoms with Gasteiger partial charge in [0.1, 0.15) is 5.82 Å². The van der Waals surface area contributed by atoms with E-state index < -0.39 is 0 Å². The van der Waals surface area contributed by atoms with Gasteiger partial charge in [-0.2, -0.15) is 5.10 Å². The number of rotatable bonds is 10. The molecule has 1 fully saturated rings. The van der Waals surface area contributed by atoms with Gasteiger partial charge >= 0.3 is 0 Å². The number of hydrogen-bond donors (Lipinski definition) is 1.